The molecule has 0 saturated carbocycles. The summed E-state index contributed by atoms with van der Waals surface area (Å²) in [7, 11) is 0. The van der Waals surface area contributed by atoms with Crippen LogP contribution in [0, 0.1) is 0 Å². The molecule has 0 saturated heterocycles. The van der Waals surface area contributed by atoms with Crippen molar-refractivity contribution in [3.8, 4) is 0 Å². The zero-order valence-electron chi connectivity index (χ0n) is 8.40. The van der Waals surface area contributed by atoms with Crippen LogP contribution < -0.4 is 5.32 Å². The van der Waals surface area contributed by atoms with Crippen molar-refractivity contribution >= 4 is 5.97 Å². The van der Waals surface area contributed by atoms with Gasteiger partial charge in [0, 0.05) is 6.04 Å². The minimum absolute atomic E-state index is 0.149. The van der Waals surface area contributed by atoms with Crippen LogP contribution in [-0.4, -0.2) is 17.1 Å². The molecule has 0 unspecified atom stereocenters. The molecule has 0 aliphatic carbocycles. The maximum absolute atomic E-state index is 11.0. The molecule has 0 aliphatic rings. The normalized spacial score (nSPS) is 12.8. The Hall–Kier alpha value is -1.35. The Balaban J connectivity index is 2.84. The summed E-state index contributed by atoms with van der Waals surface area (Å²) < 4.78 is 0. The molecule has 76 valence electrons. The van der Waals surface area contributed by atoms with E-state index in [4.69, 9.17) is 5.11 Å². The van der Waals surface area contributed by atoms with E-state index in [-0.39, 0.29) is 6.04 Å². The first-order chi connectivity index (χ1) is 6.61. The third-order valence-electron chi connectivity index (χ3n) is 1.88. The maximum atomic E-state index is 11.0. The third kappa shape index (κ3) is 2.85. The Bertz CT molecular complexity index is 295. The van der Waals surface area contributed by atoms with E-state index >= 15 is 0 Å². The maximum Gasteiger partial charge on any atom is 0.325 e. The Kier molecular flexibility index (Phi) is 3.65. The molecule has 0 amide bonds. The molecule has 1 atom stereocenters. The van der Waals surface area contributed by atoms with Gasteiger partial charge < -0.3 is 5.11 Å². The summed E-state index contributed by atoms with van der Waals surface area (Å²) in [6.07, 6.45) is 0. The topological polar surface area (TPSA) is 49.3 Å². The van der Waals surface area contributed by atoms with Gasteiger partial charge in [0.05, 0.1) is 0 Å². The fraction of sp³-hybridized carbons (Fsp3) is 0.364. The van der Waals surface area contributed by atoms with Crippen molar-refractivity contribution in [2.75, 3.05) is 0 Å². The minimum Gasteiger partial charge on any atom is -0.480 e. The van der Waals surface area contributed by atoms with Gasteiger partial charge in [-0.3, -0.25) is 10.1 Å². The van der Waals surface area contributed by atoms with Crippen LogP contribution in [0.25, 0.3) is 0 Å². The Labute approximate surface area is 83.8 Å². The van der Waals surface area contributed by atoms with Crippen molar-refractivity contribution in [1.82, 2.24) is 5.32 Å². The fourth-order valence-electron chi connectivity index (χ4n) is 1.29. The van der Waals surface area contributed by atoms with E-state index in [2.05, 4.69) is 5.32 Å². The molecule has 1 aromatic carbocycles. The van der Waals surface area contributed by atoms with Gasteiger partial charge in [0.2, 0.25) is 0 Å². The van der Waals surface area contributed by atoms with Gasteiger partial charge in [-0.05, 0) is 19.4 Å². The van der Waals surface area contributed by atoms with E-state index in [9.17, 15) is 4.79 Å². The molecule has 14 heavy (non-hydrogen) atoms. The van der Waals surface area contributed by atoms with Gasteiger partial charge in [-0.1, -0.05) is 30.3 Å². The van der Waals surface area contributed by atoms with E-state index in [1.807, 2.05) is 44.2 Å². The molecule has 0 fully saturated rings. The van der Waals surface area contributed by atoms with E-state index in [1.165, 1.54) is 0 Å². The van der Waals surface area contributed by atoms with Gasteiger partial charge >= 0.3 is 5.97 Å². The smallest absolute Gasteiger partial charge is 0.325 e. The van der Waals surface area contributed by atoms with Crippen LogP contribution in [0.1, 0.15) is 25.5 Å². The van der Waals surface area contributed by atoms with E-state index in [0.29, 0.717) is 0 Å². The van der Waals surface area contributed by atoms with Crippen LogP contribution >= 0.6 is 0 Å². The minimum atomic E-state index is -0.843. The second-order valence-electron chi connectivity index (χ2n) is 3.50. The second-order valence-corrected chi connectivity index (χ2v) is 3.50. The summed E-state index contributed by atoms with van der Waals surface area (Å²) in [5, 5.41) is 12.0. The Morgan fingerprint density at radius 1 is 1.29 bits per heavy atom. The van der Waals surface area contributed by atoms with E-state index < -0.39 is 12.0 Å². The van der Waals surface area contributed by atoms with Crippen LogP contribution in [0.4, 0.5) is 0 Å². The largest absolute Gasteiger partial charge is 0.480 e. The van der Waals surface area contributed by atoms with Crippen molar-refractivity contribution < 1.29 is 9.90 Å². The molecule has 0 aliphatic heterocycles. The summed E-state index contributed by atoms with van der Waals surface area (Å²) in [6, 6.07) is 8.72. The quantitative estimate of drug-likeness (QED) is 0.766. The molecule has 0 spiro atoms. The zero-order valence-corrected chi connectivity index (χ0v) is 8.40. The van der Waals surface area contributed by atoms with Crippen molar-refractivity contribution in [2.45, 2.75) is 25.9 Å². The van der Waals surface area contributed by atoms with Crippen LogP contribution in [-0.2, 0) is 4.79 Å². The number of carboxylic acids is 1. The summed E-state index contributed by atoms with van der Waals surface area (Å²) in [4.78, 5) is 11.0. The number of hydrogen-bond donors (Lipinski definition) is 2. The molecule has 0 aromatic heterocycles. The molecular formula is C11H15NO2. The average Bonchev–Trinajstić information content (AvgIpc) is 2.15. The van der Waals surface area contributed by atoms with E-state index in [1.54, 1.807) is 0 Å². The predicted octanol–water partition coefficient (Wildman–Crippen LogP) is 1.81. The summed E-state index contributed by atoms with van der Waals surface area (Å²) in [6.45, 7) is 3.86. The number of hydrogen-bond acceptors (Lipinski definition) is 2. The van der Waals surface area contributed by atoms with Gasteiger partial charge in [-0.15, -0.1) is 0 Å². The standard InChI is InChI=1S/C11H15NO2/c1-8(2)12-10(11(13)14)9-6-4-3-5-7-9/h3-8,10,12H,1-2H3,(H,13,14)/t10-/m0/s1. The third-order valence-corrected chi connectivity index (χ3v) is 1.88. The van der Waals surface area contributed by atoms with Gasteiger partial charge in [0.25, 0.3) is 0 Å². The van der Waals surface area contributed by atoms with Crippen molar-refractivity contribution in [3.63, 3.8) is 0 Å². The number of carboxylic acid groups (broad SMARTS) is 1. The Morgan fingerprint density at radius 3 is 2.29 bits per heavy atom. The lowest BCUT2D eigenvalue weighted by molar-refractivity contribution is -0.139. The number of nitrogens with one attached hydrogen (secondary N) is 1. The molecule has 1 rings (SSSR count). The van der Waals surface area contributed by atoms with Crippen molar-refractivity contribution in [3.05, 3.63) is 35.9 Å². The first kappa shape index (κ1) is 10.7. The highest BCUT2D eigenvalue weighted by molar-refractivity contribution is 5.75. The highest BCUT2D eigenvalue weighted by atomic mass is 16.4. The fourth-order valence-corrected chi connectivity index (χ4v) is 1.29. The van der Waals surface area contributed by atoms with Gasteiger partial charge in [0.1, 0.15) is 6.04 Å². The lowest BCUT2D eigenvalue weighted by Gasteiger charge is -2.17. The number of carbonyl (C=O) groups is 1. The lowest BCUT2D eigenvalue weighted by Crippen LogP contribution is -2.33. The lowest BCUT2D eigenvalue weighted by atomic mass is 10.1. The molecular weight excluding hydrogens is 178 g/mol. The summed E-state index contributed by atoms with van der Waals surface area (Å²) in [5.74, 6) is -0.843. The SMILES string of the molecule is CC(C)N[C@H](C(=O)O)c1ccccc1. The van der Waals surface area contributed by atoms with Crippen LogP contribution in [0.5, 0.6) is 0 Å². The summed E-state index contributed by atoms with van der Waals surface area (Å²) in [5.41, 5.74) is 0.786. The number of rotatable bonds is 4. The molecule has 0 bridgehead atoms. The van der Waals surface area contributed by atoms with Gasteiger partial charge in [-0.25, -0.2) is 0 Å². The highest BCUT2D eigenvalue weighted by Gasteiger charge is 2.19. The molecule has 3 nitrogen and oxygen atoms in total. The van der Waals surface area contributed by atoms with Crippen molar-refractivity contribution in [1.29, 1.82) is 0 Å². The Morgan fingerprint density at radius 2 is 1.86 bits per heavy atom. The summed E-state index contributed by atoms with van der Waals surface area (Å²) >= 11 is 0. The van der Waals surface area contributed by atoms with E-state index in [0.717, 1.165) is 5.56 Å². The van der Waals surface area contributed by atoms with Gasteiger partial charge in [0.15, 0.2) is 0 Å². The average molecular weight is 193 g/mol. The predicted molar refractivity (Wildman–Crippen MR) is 55.1 cm³/mol. The van der Waals surface area contributed by atoms with Gasteiger partial charge in [-0.2, -0.15) is 0 Å². The zero-order chi connectivity index (χ0) is 10.6. The first-order valence-corrected chi connectivity index (χ1v) is 4.65. The molecule has 0 heterocycles. The number of benzene rings is 1. The van der Waals surface area contributed by atoms with Crippen LogP contribution in [0.2, 0.25) is 0 Å². The molecule has 1 aromatic rings. The molecule has 3 heteroatoms. The number of aliphatic carboxylic acids is 1. The molecule has 0 radical (unpaired) electrons. The van der Waals surface area contributed by atoms with Crippen LogP contribution in [0.15, 0.2) is 30.3 Å². The monoisotopic (exact) mass is 193 g/mol. The first-order valence-electron chi connectivity index (χ1n) is 4.65. The molecule has 2 N–H and O–H groups in total. The second kappa shape index (κ2) is 4.77. The van der Waals surface area contributed by atoms with Crippen molar-refractivity contribution in [2.24, 2.45) is 0 Å². The van der Waals surface area contributed by atoms with Crippen LogP contribution in [0.3, 0.4) is 0 Å². The highest BCUT2D eigenvalue weighted by Crippen LogP contribution is 2.13.